The maximum atomic E-state index is 4.29. The van der Waals surface area contributed by atoms with Gasteiger partial charge in [0.15, 0.2) is 0 Å². The van der Waals surface area contributed by atoms with Crippen molar-refractivity contribution in [3.8, 4) is 10.6 Å². The molecule has 0 atom stereocenters. The molecule has 4 heteroatoms. The molecule has 0 spiro atoms. The predicted molar refractivity (Wildman–Crippen MR) is 68.9 cm³/mol. The molecule has 1 N–H and O–H groups in total. The van der Waals surface area contributed by atoms with Gasteiger partial charge in [-0.2, -0.15) is 0 Å². The fourth-order valence-electron chi connectivity index (χ4n) is 1.41. The number of aromatic nitrogens is 2. The first-order valence-corrected chi connectivity index (χ1v) is 6.24. The molecule has 3 nitrogen and oxygen atoms in total. The molecule has 0 bridgehead atoms. The van der Waals surface area contributed by atoms with Gasteiger partial charge in [0.1, 0.15) is 12.1 Å². The Labute approximate surface area is 99.6 Å². The number of hydrogen-bond acceptors (Lipinski definition) is 4. The predicted octanol–water partition coefficient (Wildman–Crippen LogP) is 3.34. The lowest BCUT2D eigenvalue weighted by Crippen LogP contribution is -2.02. The van der Waals surface area contributed by atoms with E-state index < -0.39 is 0 Å². The zero-order chi connectivity index (χ0) is 11.4. The highest BCUT2D eigenvalue weighted by atomic mass is 32.1. The molecule has 0 fully saturated rings. The molecule has 0 saturated carbocycles. The maximum Gasteiger partial charge on any atom is 0.129 e. The van der Waals surface area contributed by atoms with E-state index in [1.165, 1.54) is 9.75 Å². The van der Waals surface area contributed by atoms with Gasteiger partial charge >= 0.3 is 0 Å². The molecule has 0 aliphatic rings. The van der Waals surface area contributed by atoms with Crippen LogP contribution in [0, 0.1) is 6.92 Å². The number of anilines is 1. The molecule has 2 aromatic rings. The van der Waals surface area contributed by atoms with Gasteiger partial charge in [0.2, 0.25) is 0 Å². The highest BCUT2D eigenvalue weighted by Gasteiger charge is 2.03. The van der Waals surface area contributed by atoms with Gasteiger partial charge in [-0.05, 0) is 25.5 Å². The third-order valence-electron chi connectivity index (χ3n) is 2.22. The van der Waals surface area contributed by atoms with Crippen molar-refractivity contribution in [2.75, 3.05) is 11.9 Å². The summed E-state index contributed by atoms with van der Waals surface area (Å²) in [7, 11) is 0. The summed E-state index contributed by atoms with van der Waals surface area (Å²) in [6, 6.07) is 6.22. The number of aryl methyl sites for hydroxylation is 1. The summed E-state index contributed by atoms with van der Waals surface area (Å²) in [6.07, 6.45) is 2.71. The Morgan fingerprint density at radius 1 is 1.31 bits per heavy atom. The topological polar surface area (TPSA) is 37.8 Å². The molecule has 2 rings (SSSR count). The summed E-state index contributed by atoms with van der Waals surface area (Å²) >= 11 is 1.76. The number of thiophene rings is 1. The van der Waals surface area contributed by atoms with Crippen LogP contribution in [0.3, 0.4) is 0 Å². The van der Waals surface area contributed by atoms with E-state index >= 15 is 0 Å². The Balaban J connectivity index is 2.22. The number of nitrogens with zero attached hydrogens (tertiary/aromatic N) is 2. The second-order valence-corrected chi connectivity index (χ2v) is 4.91. The van der Waals surface area contributed by atoms with Gasteiger partial charge in [-0.1, -0.05) is 6.92 Å². The van der Waals surface area contributed by atoms with Crippen LogP contribution in [0.4, 0.5) is 5.82 Å². The van der Waals surface area contributed by atoms with E-state index in [1.54, 1.807) is 17.7 Å². The normalized spacial score (nSPS) is 10.4. The molecule has 0 radical (unpaired) electrons. The summed E-state index contributed by atoms with van der Waals surface area (Å²) in [5.41, 5.74) is 0.992. The van der Waals surface area contributed by atoms with E-state index in [0.29, 0.717) is 0 Å². The summed E-state index contributed by atoms with van der Waals surface area (Å²) < 4.78 is 0. The first-order valence-electron chi connectivity index (χ1n) is 5.42. The molecule has 0 aliphatic carbocycles. The van der Waals surface area contributed by atoms with Gasteiger partial charge in [-0.15, -0.1) is 11.3 Å². The Hall–Kier alpha value is -1.42. The fraction of sp³-hybridized carbons (Fsp3) is 0.333. The molecule has 0 unspecified atom stereocenters. The van der Waals surface area contributed by atoms with Crippen LogP contribution in [0.15, 0.2) is 24.5 Å². The Morgan fingerprint density at radius 3 is 2.88 bits per heavy atom. The minimum absolute atomic E-state index is 0.901. The highest BCUT2D eigenvalue weighted by molar-refractivity contribution is 7.15. The molecular weight excluding hydrogens is 218 g/mol. The molecule has 84 valence electrons. The molecule has 16 heavy (non-hydrogen) atoms. The van der Waals surface area contributed by atoms with Crippen molar-refractivity contribution in [2.45, 2.75) is 20.3 Å². The fourth-order valence-corrected chi connectivity index (χ4v) is 2.25. The van der Waals surface area contributed by atoms with Crippen LogP contribution in [0.25, 0.3) is 10.6 Å². The van der Waals surface area contributed by atoms with Crippen LogP contribution >= 0.6 is 11.3 Å². The van der Waals surface area contributed by atoms with Gasteiger partial charge in [0.05, 0.1) is 10.6 Å². The van der Waals surface area contributed by atoms with Crippen LogP contribution in [0.5, 0.6) is 0 Å². The van der Waals surface area contributed by atoms with E-state index in [4.69, 9.17) is 0 Å². The quantitative estimate of drug-likeness (QED) is 0.880. The largest absolute Gasteiger partial charge is 0.370 e. The van der Waals surface area contributed by atoms with Crippen molar-refractivity contribution in [1.82, 2.24) is 9.97 Å². The van der Waals surface area contributed by atoms with E-state index in [-0.39, 0.29) is 0 Å². The number of rotatable bonds is 4. The minimum Gasteiger partial charge on any atom is -0.370 e. The van der Waals surface area contributed by atoms with Crippen LogP contribution in [0.1, 0.15) is 18.2 Å². The van der Waals surface area contributed by atoms with Gasteiger partial charge < -0.3 is 5.32 Å². The molecule has 2 aromatic heterocycles. The second kappa shape index (κ2) is 5.07. The van der Waals surface area contributed by atoms with Crippen LogP contribution < -0.4 is 5.32 Å². The summed E-state index contributed by atoms with van der Waals surface area (Å²) in [6.45, 7) is 5.18. The number of hydrogen-bond donors (Lipinski definition) is 1. The van der Waals surface area contributed by atoms with Crippen molar-refractivity contribution >= 4 is 17.2 Å². The smallest absolute Gasteiger partial charge is 0.129 e. The van der Waals surface area contributed by atoms with Gasteiger partial charge in [0.25, 0.3) is 0 Å². The van der Waals surface area contributed by atoms with Crippen LogP contribution in [0.2, 0.25) is 0 Å². The third-order valence-corrected chi connectivity index (χ3v) is 3.24. The van der Waals surface area contributed by atoms with Gasteiger partial charge in [-0.25, -0.2) is 9.97 Å². The van der Waals surface area contributed by atoms with Crippen molar-refractivity contribution in [2.24, 2.45) is 0 Å². The van der Waals surface area contributed by atoms with Crippen LogP contribution in [-0.2, 0) is 0 Å². The van der Waals surface area contributed by atoms with Crippen molar-refractivity contribution < 1.29 is 0 Å². The second-order valence-electron chi connectivity index (χ2n) is 3.63. The standard InChI is InChI=1S/C12H15N3S/c1-3-6-13-12-7-10(14-8-15-12)11-5-4-9(2)16-11/h4-5,7-8H,3,6H2,1-2H3,(H,13,14,15). The molecule has 0 amide bonds. The Morgan fingerprint density at radius 2 is 2.19 bits per heavy atom. The zero-order valence-corrected chi connectivity index (χ0v) is 10.3. The van der Waals surface area contributed by atoms with Crippen molar-refractivity contribution in [3.05, 3.63) is 29.4 Å². The number of nitrogens with one attached hydrogen (secondary N) is 1. The monoisotopic (exact) mass is 233 g/mol. The summed E-state index contributed by atoms with van der Waals surface area (Å²) in [4.78, 5) is 11.0. The lowest BCUT2D eigenvalue weighted by atomic mass is 10.3. The van der Waals surface area contributed by atoms with E-state index in [0.717, 1.165) is 24.5 Å². The molecule has 0 aliphatic heterocycles. The van der Waals surface area contributed by atoms with Crippen molar-refractivity contribution in [3.63, 3.8) is 0 Å². The molecule has 0 saturated heterocycles. The van der Waals surface area contributed by atoms with E-state index in [9.17, 15) is 0 Å². The lowest BCUT2D eigenvalue weighted by Gasteiger charge is -2.04. The Kier molecular flexibility index (Phi) is 3.51. The Bertz CT molecular complexity index is 465. The van der Waals surface area contributed by atoms with Crippen LogP contribution in [-0.4, -0.2) is 16.5 Å². The maximum absolute atomic E-state index is 4.29. The van der Waals surface area contributed by atoms with Gasteiger partial charge in [-0.3, -0.25) is 0 Å². The SMILES string of the molecule is CCCNc1cc(-c2ccc(C)s2)ncn1. The highest BCUT2D eigenvalue weighted by Crippen LogP contribution is 2.26. The first kappa shape index (κ1) is 11.1. The van der Waals surface area contributed by atoms with Gasteiger partial charge in [0, 0.05) is 17.5 Å². The lowest BCUT2D eigenvalue weighted by molar-refractivity contribution is 0.965. The van der Waals surface area contributed by atoms with E-state index in [2.05, 4.69) is 41.3 Å². The van der Waals surface area contributed by atoms with Crippen molar-refractivity contribution in [1.29, 1.82) is 0 Å². The average Bonchev–Trinajstić information content (AvgIpc) is 2.74. The third kappa shape index (κ3) is 2.58. The molecule has 2 heterocycles. The average molecular weight is 233 g/mol. The first-order chi connectivity index (χ1) is 7.79. The molecule has 0 aromatic carbocycles. The minimum atomic E-state index is 0.901. The summed E-state index contributed by atoms with van der Waals surface area (Å²) in [5.74, 6) is 0.901. The zero-order valence-electron chi connectivity index (χ0n) is 9.53. The van der Waals surface area contributed by atoms with E-state index in [1.807, 2.05) is 6.07 Å². The molecular formula is C12H15N3S. The summed E-state index contributed by atoms with van der Waals surface area (Å²) in [5, 5.41) is 3.26.